The molecule has 472 valence electrons. The largest absolute Gasteiger partial charge is 0.494 e. The first-order chi connectivity index (χ1) is 44.3. The van der Waals surface area contributed by atoms with Gasteiger partial charge < -0.3 is 18.9 Å². The highest BCUT2D eigenvalue weighted by molar-refractivity contribution is 9.11. The molecule has 0 amide bonds. The average molecular weight is 1370 g/mol. The third kappa shape index (κ3) is 18.1. The van der Waals surface area contributed by atoms with E-state index in [1.165, 1.54) is 103 Å². The molecule has 10 aromatic rings. The van der Waals surface area contributed by atoms with E-state index in [0.717, 1.165) is 181 Å². The molecule has 0 unspecified atom stereocenters. The van der Waals surface area contributed by atoms with Gasteiger partial charge in [0.1, 0.15) is 23.0 Å². The van der Waals surface area contributed by atoms with Crippen molar-refractivity contribution in [1.29, 1.82) is 0 Å². The topological polar surface area (TPSA) is 88.5 Å². The summed E-state index contributed by atoms with van der Waals surface area (Å²) in [7, 11) is 0. The van der Waals surface area contributed by atoms with Gasteiger partial charge in [-0.3, -0.25) is 0 Å². The molecule has 0 spiro atoms. The van der Waals surface area contributed by atoms with Crippen molar-refractivity contribution in [2.45, 2.75) is 182 Å². The Labute approximate surface area is 560 Å². The highest BCUT2D eigenvalue weighted by atomic mass is 79.9. The third-order valence-electron chi connectivity index (χ3n) is 16.9. The maximum atomic E-state index is 6.55. The normalized spacial score (nSPS) is 11.6. The standard InChI is InChI=1S/C78H90Br2N4O4S2/c1-5-9-13-17-21-25-45-85-59-37-29-33-55(49-59)71-73(57-35-31-39-61(51-57)87-47-27-23-19-15-11-7-3)83-77-65(67-41-43-69(79)89-67)54-64-63(75(77)81-71)53-66(68-42-44-70(80)90-68)78-76(64)82-72(56-34-30-38-60(50-56)86-46-26-22-18-14-10-6-2)74(84-78)58-36-32-40-62(52-58)88-48-28-24-20-16-12-8-4/h29-44,49-54H,5-28,45-48H2,1-4H3. The highest BCUT2D eigenvalue weighted by Gasteiger charge is 2.26. The molecule has 0 bridgehead atoms. The van der Waals surface area contributed by atoms with Crippen molar-refractivity contribution in [3.63, 3.8) is 0 Å². The van der Waals surface area contributed by atoms with Crippen LogP contribution in [0, 0.1) is 0 Å². The van der Waals surface area contributed by atoms with Gasteiger partial charge in [-0.25, -0.2) is 19.9 Å². The first kappa shape index (κ1) is 66.7. The van der Waals surface area contributed by atoms with Crippen LogP contribution in [0.4, 0.5) is 0 Å². The lowest BCUT2D eigenvalue weighted by Crippen LogP contribution is -2.02. The molecule has 0 saturated carbocycles. The zero-order chi connectivity index (χ0) is 62.3. The van der Waals surface area contributed by atoms with Crippen LogP contribution >= 0.6 is 54.5 Å². The van der Waals surface area contributed by atoms with E-state index in [4.69, 9.17) is 38.9 Å². The minimum Gasteiger partial charge on any atom is -0.494 e. The molecule has 0 radical (unpaired) electrons. The number of hydrogen-bond donors (Lipinski definition) is 0. The Hall–Kier alpha value is -6.18. The lowest BCUT2D eigenvalue weighted by atomic mass is 9.95. The fraction of sp³-hybridized carbons (Fsp3) is 0.410. The molecule has 0 aliphatic carbocycles. The van der Waals surface area contributed by atoms with Gasteiger partial charge in [-0.05, 0) is 142 Å². The quantitative estimate of drug-likeness (QED) is 0.0279. The molecule has 0 fully saturated rings. The molecule has 4 heterocycles. The van der Waals surface area contributed by atoms with Gasteiger partial charge in [-0.15, -0.1) is 22.7 Å². The fourth-order valence-electron chi connectivity index (χ4n) is 11.9. The van der Waals surface area contributed by atoms with Crippen LogP contribution in [-0.2, 0) is 0 Å². The van der Waals surface area contributed by atoms with Crippen LogP contribution in [0.3, 0.4) is 0 Å². The Kier molecular flexibility index (Phi) is 26.0. The Morgan fingerprint density at radius 2 is 0.567 bits per heavy atom. The SMILES string of the molecule is CCCCCCCCOc1cccc(-c2nc3c(-c4ccc(Br)s4)cc4c(cc(-c5ccc(Br)s5)c5nc(-c6cccc(OCCCCCCCC)c6)c(-c6cccc(OCCCCCCCC)c6)nc54)c3nc2-c2cccc(OCCCCCCCC)c2)c1. The number of thiophene rings is 2. The van der Waals surface area contributed by atoms with Gasteiger partial charge in [-0.2, -0.15) is 0 Å². The zero-order valence-corrected chi connectivity index (χ0v) is 58.3. The molecule has 0 N–H and O–H groups in total. The second-order valence-corrected chi connectivity index (χ2v) is 28.9. The summed E-state index contributed by atoms with van der Waals surface area (Å²) < 4.78 is 28.2. The molecule has 8 nitrogen and oxygen atoms in total. The molecule has 12 heteroatoms. The minimum atomic E-state index is 0.655. The average Bonchev–Trinajstić information content (AvgIpc) is 0.976. The first-order valence-electron chi connectivity index (χ1n) is 33.8. The lowest BCUT2D eigenvalue weighted by molar-refractivity contribution is 0.304. The number of aromatic nitrogens is 4. The van der Waals surface area contributed by atoms with Gasteiger partial charge in [0.2, 0.25) is 0 Å². The maximum absolute atomic E-state index is 6.55. The van der Waals surface area contributed by atoms with Gasteiger partial charge in [0, 0.05) is 53.9 Å². The van der Waals surface area contributed by atoms with Crippen molar-refractivity contribution < 1.29 is 18.9 Å². The van der Waals surface area contributed by atoms with E-state index in [2.05, 4.69) is 193 Å². The van der Waals surface area contributed by atoms with Gasteiger partial charge in [-0.1, -0.05) is 205 Å². The minimum absolute atomic E-state index is 0.655. The van der Waals surface area contributed by atoms with E-state index in [9.17, 15) is 0 Å². The summed E-state index contributed by atoms with van der Waals surface area (Å²) in [6.07, 6.45) is 28.7. The Bertz CT molecular complexity index is 3650. The zero-order valence-electron chi connectivity index (χ0n) is 53.5. The van der Waals surface area contributed by atoms with E-state index in [0.29, 0.717) is 26.4 Å². The lowest BCUT2D eigenvalue weighted by Gasteiger charge is -2.18. The van der Waals surface area contributed by atoms with Gasteiger partial charge in [0.25, 0.3) is 0 Å². The first-order valence-corrected chi connectivity index (χ1v) is 37.0. The van der Waals surface area contributed by atoms with Crippen molar-refractivity contribution in [3.8, 4) is 88.9 Å². The second-order valence-electron chi connectivity index (χ2n) is 24.0. The van der Waals surface area contributed by atoms with Crippen LogP contribution < -0.4 is 18.9 Å². The smallest absolute Gasteiger partial charge is 0.119 e. The summed E-state index contributed by atoms with van der Waals surface area (Å²) in [5.41, 5.74) is 11.8. The van der Waals surface area contributed by atoms with E-state index >= 15 is 0 Å². The van der Waals surface area contributed by atoms with Crippen LogP contribution in [0.5, 0.6) is 23.0 Å². The van der Waals surface area contributed by atoms with Crippen molar-refractivity contribution in [1.82, 2.24) is 19.9 Å². The van der Waals surface area contributed by atoms with Crippen molar-refractivity contribution in [2.24, 2.45) is 0 Å². The molecule has 10 rings (SSSR count). The Morgan fingerprint density at radius 1 is 0.300 bits per heavy atom. The Balaban J connectivity index is 1.17. The van der Waals surface area contributed by atoms with Crippen LogP contribution in [0.2, 0.25) is 0 Å². The van der Waals surface area contributed by atoms with Crippen molar-refractivity contribution >= 4 is 87.4 Å². The van der Waals surface area contributed by atoms with E-state index in [1.54, 1.807) is 22.7 Å². The summed E-state index contributed by atoms with van der Waals surface area (Å²) in [6.45, 7) is 11.7. The number of benzene rings is 6. The van der Waals surface area contributed by atoms with E-state index < -0.39 is 0 Å². The highest BCUT2D eigenvalue weighted by Crippen LogP contribution is 2.47. The van der Waals surface area contributed by atoms with Gasteiger partial charge >= 0.3 is 0 Å². The molecular weight excluding hydrogens is 1280 g/mol. The van der Waals surface area contributed by atoms with E-state index in [-0.39, 0.29) is 0 Å². The number of fused-ring (bicyclic) bond motifs is 5. The molecule has 0 aliphatic rings. The summed E-state index contributed by atoms with van der Waals surface area (Å²) >= 11 is 11.1. The summed E-state index contributed by atoms with van der Waals surface area (Å²) in [5, 5.41) is 1.86. The maximum Gasteiger partial charge on any atom is 0.119 e. The number of unbranched alkanes of at least 4 members (excludes halogenated alkanes) is 20. The number of nitrogens with zero attached hydrogens (tertiary/aromatic N) is 4. The third-order valence-corrected chi connectivity index (χ3v) is 20.2. The molecule has 0 atom stereocenters. The predicted octanol–water partition coefficient (Wildman–Crippen LogP) is 25.3. The van der Waals surface area contributed by atoms with E-state index in [1.807, 2.05) is 0 Å². The molecule has 90 heavy (non-hydrogen) atoms. The number of rotatable bonds is 38. The second kappa shape index (κ2) is 35.0. The van der Waals surface area contributed by atoms with Crippen LogP contribution in [0.25, 0.3) is 98.7 Å². The molecule has 4 aromatic heterocycles. The van der Waals surface area contributed by atoms with Crippen molar-refractivity contribution in [3.05, 3.63) is 141 Å². The van der Waals surface area contributed by atoms with Crippen LogP contribution in [-0.4, -0.2) is 46.4 Å². The molecule has 6 aromatic carbocycles. The van der Waals surface area contributed by atoms with Crippen LogP contribution in [0.1, 0.15) is 182 Å². The summed E-state index contributed by atoms with van der Waals surface area (Å²) in [6, 6.07) is 46.9. The van der Waals surface area contributed by atoms with Crippen molar-refractivity contribution in [2.75, 3.05) is 26.4 Å². The number of halogens is 2. The number of hydrogen-bond acceptors (Lipinski definition) is 10. The van der Waals surface area contributed by atoms with Gasteiger partial charge in [0.15, 0.2) is 0 Å². The Morgan fingerprint density at radius 3 is 0.833 bits per heavy atom. The molecule has 0 aliphatic heterocycles. The monoisotopic (exact) mass is 1370 g/mol. The number of ether oxygens (including phenoxy) is 4. The molecular formula is C78H90Br2N4O4S2. The predicted molar refractivity (Wildman–Crippen MR) is 389 cm³/mol. The van der Waals surface area contributed by atoms with Crippen LogP contribution in [0.15, 0.2) is 141 Å². The summed E-state index contributed by atoms with van der Waals surface area (Å²) in [5.74, 6) is 3.27. The molecule has 0 saturated heterocycles. The summed E-state index contributed by atoms with van der Waals surface area (Å²) in [4.78, 5) is 25.7. The fourth-order valence-corrected chi connectivity index (χ4v) is 14.7. The van der Waals surface area contributed by atoms with Gasteiger partial charge in [0.05, 0.1) is 78.8 Å².